The van der Waals surface area contributed by atoms with E-state index in [1.54, 1.807) is 60.7 Å². The van der Waals surface area contributed by atoms with Crippen molar-refractivity contribution < 1.29 is 14.3 Å². The maximum Gasteiger partial charge on any atom is 0.262 e. The molecule has 0 aliphatic carbocycles. The fourth-order valence-electron chi connectivity index (χ4n) is 2.64. The molecule has 0 saturated carbocycles. The first-order valence-corrected chi connectivity index (χ1v) is 10.0. The highest BCUT2D eigenvalue weighted by Crippen LogP contribution is 2.31. The van der Waals surface area contributed by atoms with Gasteiger partial charge < -0.3 is 10.1 Å². The quantitative estimate of drug-likeness (QED) is 0.384. The van der Waals surface area contributed by atoms with Crippen LogP contribution in [0.4, 0.5) is 17.1 Å². The van der Waals surface area contributed by atoms with Crippen LogP contribution in [0.3, 0.4) is 0 Å². The van der Waals surface area contributed by atoms with Crippen LogP contribution in [0.2, 0.25) is 20.1 Å². The minimum atomic E-state index is -0.396. The summed E-state index contributed by atoms with van der Waals surface area (Å²) in [7, 11) is 0. The van der Waals surface area contributed by atoms with E-state index in [0.29, 0.717) is 49.3 Å². The topological polar surface area (TPSA) is 58.6 Å². The number of ether oxygens (including phenoxy) is 1. The van der Waals surface area contributed by atoms with Gasteiger partial charge in [-0.15, -0.1) is 0 Å². The minimum absolute atomic E-state index is 0.252. The predicted molar refractivity (Wildman–Crippen MR) is 122 cm³/mol. The van der Waals surface area contributed by atoms with E-state index in [4.69, 9.17) is 51.1 Å². The molecule has 3 aromatic carbocycles. The van der Waals surface area contributed by atoms with Crippen LogP contribution in [0, 0.1) is 0 Å². The summed E-state index contributed by atoms with van der Waals surface area (Å²) >= 11 is 23.9. The van der Waals surface area contributed by atoms with Crippen molar-refractivity contribution in [3.63, 3.8) is 0 Å². The first kappa shape index (κ1) is 22.2. The molecule has 0 spiro atoms. The number of benzene rings is 3. The third-order valence-corrected chi connectivity index (χ3v) is 4.72. The van der Waals surface area contributed by atoms with Crippen molar-refractivity contribution in [2.24, 2.45) is 0 Å². The summed E-state index contributed by atoms with van der Waals surface area (Å²) in [5, 5.41) is 4.26. The van der Waals surface area contributed by atoms with E-state index in [1.165, 1.54) is 4.90 Å². The van der Waals surface area contributed by atoms with E-state index in [1.807, 2.05) is 0 Å². The Morgan fingerprint density at radius 2 is 1.47 bits per heavy atom. The number of anilines is 3. The second-order valence-corrected chi connectivity index (χ2v) is 7.84. The molecular formula is C21H14Cl4N2O3. The van der Waals surface area contributed by atoms with Crippen LogP contribution in [0.15, 0.2) is 60.7 Å². The van der Waals surface area contributed by atoms with Gasteiger partial charge in [0.05, 0.1) is 11.4 Å². The van der Waals surface area contributed by atoms with Crippen LogP contribution < -0.4 is 15.0 Å². The molecular weight excluding hydrogens is 470 g/mol. The number of nitrogens with one attached hydrogen (secondary N) is 1. The molecule has 2 amide bonds. The lowest BCUT2D eigenvalue weighted by Gasteiger charge is -2.19. The van der Waals surface area contributed by atoms with Gasteiger partial charge in [-0.1, -0.05) is 52.5 Å². The summed E-state index contributed by atoms with van der Waals surface area (Å²) in [6.07, 6.45) is 0.636. The molecule has 0 fully saturated rings. The molecule has 0 unspecified atom stereocenters. The average Bonchev–Trinajstić information content (AvgIpc) is 2.66. The Labute approximate surface area is 193 Å². The Kier molecular flexibility index (Phi) is 7.45. The van der Waals surface area contributed by atoms with Gasteiger partial charge in [-0.05, 0) is 48.5 Å². The van der Waals surface area contributed by atoms with Gasteiger partial charge in [0.2, 0.25) is 6.41 Å². The monoisotopic (exact) mass is 482 g/mol. The van der Waals surface area contributed by atoms with E-state index in [-0.39, 0.29) is 6.61 Å². The molecule has 3 rings (SSSR count). The first-order chi connectivity index (χ1) is 14.3. The highest BCUT2D eigenvalue weighted by molar-refractivity contribution is 6.35. The summed E-state index contributed by atoms with van der Waals surface area (Å²) < 4.78 is 5.55. The zero-order valence-electron chi connectivity index (χ0n) is 15.2. The van der Waals surface area contributed by atoms with Gasteiger partial charge in [-0.25, -0.2) is 0 Å². The molecule has 0 saturated heterocycles. The van der Waals surface area contributed by atoms with Crippen LogP contribution in [0.1, 0.15) is 0 Å². The number of amides is 2. The molecule has 0 aromatic heterocycles. The normalized spacial score (nSPS) is 10.4. The lowest BCUT2D eigenvalue weighted by Crippen LogP contribution is -2.20. The molecule has 154 valence electrons. The SMILES string of the molecule is O=CN(c1cc(Cl)cc(Cl)c1)c1cccc(OCC(=O)Nc2cc(Cl)cc(Cl)c2)c1. The maximum atomic E-state index is 12.2. The highest BCUT2D eigenvalue weighted by atomic mass is 35.5. The molecule has 0 heterocycles. The highest BCUT2D eigenvalue weighted by Gasteiger charge is 2.12. The predicted octanol–water partition coefficient (Wildman–Crippen LogP) is 6.61. The van der Waals surface area contributed by atoms with Gasteiger partial charge in [0.25, 0.3) is 5.91 Å². The standard InChI is InChI=1S/C21H14Cl4N2O3/c22-13-4-14(23)7-17(6-13)26-21(29)11-30-20-3-1-2-18(10-20)27(12-28)19-8-15(24)5-16(25)9-19/h1-10,12H,11H2,(H,26,29). The number of nitrogens with zero attached hydrogens (tertiary/aromatic N) is 1. The van der Waals surface area contributed by atoms with E-state index in [0.717, 1.165) is 0 Å². The zero-order chi connectivity index (χ0) is 21.7. The van der Waals surface area contributed by atoms with Gasteiger partial charge in [0.15, 0.2) is 6.61 Å². The van der Waals surface area contributed by atoms with Gasteiger partial charge in [-0.2, -0.15) is 0 Å². The molecule has 0 atom stereocenters. The Morgan fingerprint density at radius 3 is 2.07 bits per heavy atom. The lowest BCUT2D eigenvalue weighted by atomic mass is 10.2. The molecule has 1 N–H and O–H groups in total. The Balaban J connectivity index is 1.70. The molecule has 0 radical (unpaired) electrons. The first-order valence-electron chi connectivity index (χ1n) is 8.53. The van der Waals surface area contributed by atoms with Gasteiger partial charge in [0, 0.05) is 31.8 Å². The van der Waals surface area contributed by atoms with Crippen molar-refractivity contribution in [2.45, 2.75) is 0 Å². The second-order valence-electron chi connectivity index (χ2n) is 6.10. The maximum absolute atomic E-state index is 12.2. The summed E-state index contributed by atoms with van der Waals surface area (Å²) in [5.74, 6) is -0.000598. The molecule has 0 aliphatic heterocycles. The number of rotatable bonds is 7. The third kappa shape index (κ3) is 6.03. The second kappa shape index (κ2) is 10.0. The van der Waals surface area contributed by atoms with Crippen LogP contribution in [-0.2, 0) is 9.59 Å². The average molecular weight is 484 g/mol. The molecule has 9 heteroatoms. The van der Waals surface area contributed by atoms with Crippen molar-refractivity contribution in [2.75, 3.05) is 16.8 Å². The van der Waals surface area contributed by atoms with Crippen molar-refractivity contribution in [1.82, 2.24) is 0 Å². The summed E-state index contributed by atoms with van der Waals surface area (Å²) in [6.45, 7) is -0.252. The van der Waals surface area contributed by atoms with Crippen molar-refractivity contribution in [1.29, 1.82) is 0 Å². The Hall–Kier alpha value is -2.44. The van der Waals surface area contributed by atoms with E-state index in [2.05, 4.69) is 5.32 Å². The number of hydrogen-bond donors (Lipinski definition) is 1. The lowest BCUT2D eigenvalue weighted by molar-refractivity contribution is -0.118. The van der Waals surface area contributed by atoms with E-state index in [9.17, 15) is 9.59 Å². The number of carbonyl (C=O) groups is 2. The van der Waals surface area contributed by atoms with Crippen molar-refractivity contribution in [3.8, 4) is 5.75 Å². The fraction of sp³-hybridized carbons (Fsp3) is 0.0476. The number of hydrogen-bond acceptors (Lipinski definition) is 3. The summed E-state index contributed by atoms with van der Waals surface area (Å²) in [5.41, 5.74) is 1.47. The largest absolute Gasteiger partial charge is 0.484 e. The fourth-order valence-corrected chi connectivity index (χ4v) is 3.68. The van der Waals surface area contributed by atoms with Gasteiger partial charge >= 0.3 is 0 Å². The number of carbonyl (C=O) groups excluding carboxylic acids is 2. The zero-order valence-corrected chi connectivity index (χ0v) is 18.3. The van der Waals surface area contributed by atoms with Crippen molar-refractivity contribution >= 4 is 75.8 Å². The van der Waals surface area contributed by atoms with Gasteiger partial charge in [0.1, 0.15) is 5.75 Å². The third-order valence-electron chi connectivity index (χ3n) is 3.84. The molecule has 0 bridgehead atoms. The van der Waals surface area contributed by atoms with Gasteiger partial charge in [-0.3, -0.25) is 14.5 Å². The van der Waals surface area contributed by atoms with E-state index < -0.39 is 5.91 Å². The molecule has 30 heavy (non-hydrogen) atoms. The van der Waals surface area contributed by atoms with Crippen molar-refractivity contribution in [3.05, 3.63) is 80.8 Å². The minimum Gasteiger partial charge on any atom is -0.484 e. The number of halogens is 4. The molecule has 5 nitrogen and oxygen atoms in total. The molecule has 3 aromatic rings. The van der Waals surface area contributed by atoms with E-state index >= 15 is 0 Å². The summed E-state index contributed by atoms with van der Waals surface area (Å²) in [4.78, 5) is 25.2. The Morgan fingerprint density at radius 1 is 0.867 bits per heavy atom. The van der Waals surface area contributed by atoms with Crippen LogP contribution >= 0.6 is 46.4 Å². The smallest absolute Gasteiger partial charge is 0.262 e. The van der Waals surface area contributed by atoms with Crippen LogP contribution in [0.5, 0.6) is 5.75 Å². The summed E-state index contributed by atoms with van der Waals surface area (Å²) in [6, 6.07) is 16.2. The van der Waals surface area contributed by atoms with Crippen LogP contribution in [0.25, 0.3) is 0 Å². The molecule has 0 aliphatic rings. The van der Waals surface area contributed by atoms with Crippen LogP contribution in [-0.4, -0.2) is 18.9 Å². The Bertz CT molecular complexity index is 1050.